The van der Waals surface area contributed by atoms with Gasteiger partial charge in [0.05, 0.1) is 0 Å². The van der Waals surface area contributed by atoms with Crippen molar-refractivity contribution >= 4 is 10.8 Å². The summed E-state index contributed by atoms with van der Waals surface area (Å²) in [6.45, 7) is -0.920. The molecule has 0 saturated heterocycles. The lowest BCUT2D eigenvalue weighted by Crippen LogP contribution is -2.03. The van der Waals surface area contributed by atoms with Gasteiger partial charge < -0.3 is 4.74 Å². The number of fused-ring (bicyclic) bond motifs is 1. The molecule has 4 rings (SSSR count). The Morgan fingerprint density at radius 1 is 0.714 bits per heavy atom. The average Bonchev–Trinajstić information content (AvgIpc) is 2.85. The van der Waals surface area contributed by atoms with Crippen molar-refractivity contribution in [3.63, 3.8) is 0 Å². The first-order valence-corrected chi connectivity index (χ1v) is 12.0. The number of hydrogen-bond acceptors (Lipinski definition) is 1. The third-order valence-electron chi connectivity index (χ3n) is 6.27. The van der Waals surface area contributed by atoms with Gasteiger partial charge >= 0.3 is 6.61 Å². The Morgan fingerprint density at radius 3 is 2.09 bits per heavy atom. The van der Waals surface area contributed by atoms with Gasteiger partial charge in [-0.2, -0.15) is 8.78 Å². The second kappa shape index (κ2) is 11.4. The summed E-state index contributed by atoms with van der Waals surface area (Å²) in [6.07, 6.45) is 6.55. The molecule has 0 bridgehead atoms. The van der Waals surface area contributed by atoms with Crippen LogP contribution in [0.15, 0.2) is 72.8 Å². The summed E-state index contributed by atoms with van der Waals surface area (Å²) in [5, 5.41) is 1.18. The summed E-state index contributed by atoms with van der Waals surface area (Å²) in [5.74, 6) is -2.01. The lowest BCUT2D eigenvalue weighted by Gasteiger charge is -2.11. The van der Waals surface area contributed by atoms with E-state index in [0.717, 1.165) is 42.3 Å². The molecular formula is C30H28F4O. The van der Waals surface area contributed by atoms with Crippen LogP contribution < -0.4 is 4.74 Å². The smallest absolute Gasteiger partial charge is 0.387 e. The van der Waals surface area contributed by atoms with E-state index in [9.17, 15) is 13.2 Å². The molecule has 0 heterocycles. The van der Waals surface area contributed by atoms with E-state index >= 15 is 4.39 Å². The molecule has 0 fully saturated rings. The van der Waals surface area contributed by atoms with Crippen LogP contribution in [0.2, 0.25) is 0 Å². The molecule has 5 heteroatoms. The minimum atomic E-state index is -3.13. The van der Waals surface area contributed by atoms with Crippen molar-refractivity contribution in [3.8, 4) is 16.9 Å². The predicted molar refractivity (Wildman–Crippen MR) is 133 cm³/mol. The van der Waals surface area contributed by atoms with Crippen molar-refractivity contribution in [3.05, 3.63) is 101 Å². The van der Waals surface area contributed by atoms with E-state index in [0.29, 0.717) is 5.39 Å². The van der Waals surface area contributed by atoms with Gasteiger partial charge in [-0.05, 0) is 65.5 Å². The van der Waals surface area contributed by atoms with Crippen LogP contribution in [0.1, 0.15) is 42.9 Å². The van der Waals surface area contributed by atoms with Crippen LogP contribution in [-0.2, 0) is 19.3 Å². The zero-order chi connectivity index (χ0) is 24.8. The number of hydrogen-bond donors (Lipinski definition) is 0. The number of ether oxygens (including phenoxy) is 1. The van der Waals surface area contributed by atoms with Crippen molar-refractivity contribution in [1.29, 1.82) is 0 Å². The molecular weight excluding hydrogens is 452 g/mol. The van der Waals surface area contributed by atoms with Crippen LogP contribution >= 0.6 is 0 Å². The van der Waals surface area contributed by atoms with E-state index < -0.39 is 24.0 Å². The summed E-state index contributed by atoms with van der Waals surface area (Å²) < 4.78 is 58.2. The zero-order valence-electron chi connectivity index (χ0n) is 19.7. The highest BCUT2D eigenvalue weighted by Gasteiger charge is 2.14. The summed E-state index contributed by atoms with van der Waals surface area (Å²) in [7, 11) is 0. The highest BCUT2D eigenvalue weighted by molar-refractivity contribution is 5.88. The van der Waals surface area contributed by atoms with Gasteiger partial charge in [-0.3, -0.25) is 0 Å². The Hall–Kier alpha value is -3.34. The quantitative estimate of drug-likeness (QED) is 0.163. The van der Waals surface area contributed by atoms with Gasteiger partial charge in [-0.25, -0.2) is 8.78 Å². The molecule has 0 N–H and O–H groups in total. The SMILES string of the molecule is CCCCCc1ccc(CCc2ccc3c(F)c(-c4ccc(OC(F)F)c(F)c4)ccc3c2)cc1. The largest absolute Gasteiger partial charge is 0.432 e. The zero-order valence-corrected chi connectivity index (χ0v) is 19.7. The van der Waals surface area contributed by atoms with Crippen molar-refractivity contribution in [2.24, 2.45) is 0 Å². The van der Waals surface area contributed by atoms with Gasteiger partial charge in [-0.15, -0.1) is 0 Å². The van der Waals surface area contributed by atoms with Gasteiger partial charge in [0.25, 0.3) is 0 Å². The van der Waals surface area contributed by atoms with E-state index in [4.69, 9.17) is 0 Å². The number of benzene rings is 4. The topological polar surface area (TPSA) is 9.23 Å². The number of rotatable bonds is 10. The molecule has 0 atom stereocenters. The summed E-state index contributed by atoms with van der Waals surface area (Å²) >= 11 is 0. The minimum Gasteiger partial charge on any atom is -0.432 e. The molecule has 0 unspecified atom stereocenters. The van der Waals surface area contributed by atoms with Crippen molar-refractivity contribution in [1.82, 2.24) is 0 Å². The van der Waals surface area contributed by atoms with Gasteiger partial charge in [0.15, 0.2) is 11.6 Å². The van der Waals surface area contributed by atoms with Crippen LogP contribution in [0.4, 0.5) is 17.6 Å². The number of alkyl halides is 2. The van der Waals surface area contributed by atoms with Crippen LogP contribution in [0.3, 0.4) is 0 Å². The van der Waals surface area contributed by atoms with Crippen molar-refractivity contribution < 1.29 is 22.3 Å². The molecule has 35 heavy (non-hydrogen) atoms. The minimum absolute atomic E-state index is 0.201. The fraction of sp³-hybridized carbons (Fsp3) is 0.267. The maximum absolute atomic E-state index is 15.3. The Balaban J connectivity index is 1.47. The summed E-state index contributed by atoms with van der Waals surface area (Å²) in [4.78, 5) is 0. The molecule has 0 aromatic heterocycles. The van der Waals surface area contributed by atoms with Gasteiger partial charge in [0, 0.05) is 10.9 Å². The molecule has 4 aromatic carbocycles. The molecule has 1 nitrogen and oxygen atoms in total. The van der Waals surface area contributed by atoms with E-state index in [1.54, 1.807) is 18.2 Å². The molecule has 182 valence electrons. The standard InChI is InChI=1S/C30H28F4O/c1-2-3-4-5-20-6-8-21(9-7-20)10-11-22-12-15-25-23(18-22)13-16-26(29(25)32)24-14-17-28(27(31)19-24)35-30(33)34/h6-9,12-19,30H,2-5,10-11H2,1H3. The number of unbranched alkanes of at least 4 members (excludes halogenated alkanes) is 2. The first kappa shape index (κ1) is 24.8. The second-order valence-electron chi connectivity index (χ2n) is 8.78. The second-order valence-corrected chi connectivity index (χ2v) is 8.78. The van der Waals surface area contributed by atoms with Gasteiger partial charge in [0.2, 0.25) is 0 Å². The summed E-state index contributed by atoms with van der Waals surface area (Å²) in [6, 6.07) is 21.2. The average molecular weight is 481 g/mol. The lowest BCUT2D eigenvalue weighted by molar-refractivity contribution is -0.0521. The van der Waals surface area contributed by atoms with Crippen LogP contribution in [0.25, 0.3) is 21.9 Å². The maximum atomic E-state index is 15.3. The van der Waals surface area contributed by atoms with E-state index in [1.165, 1.54) is 36.5 Å². The molecule has 0 aliphatic rings. The molecule has 0 saturated carbocycles. The molecule has 0 aliphatic heterocycles. The van der Waals surface area contributed by atoms with Gasteiger partial charge in [-0.1, -0.05) is 80.4 Å². The molecule has 0 amide bonds. The Kier molecular flexibility index (Phi) is 8.06. The summed E-state index contributed by atoms with van der Waals surface area (Å²) in [5.41, 5.74) is 4.20. The van der Waals surface area contributed by atoms with Gasteiger partial charge in [0.1, 0.15) is 5.82 Å². The predicted octanol–water partition coefficient (Wildman–Crippen LogP) is 8.90. The van der Waals surface area contributed by atoms with Crippen molar-refractivity contribution in [2.75, 3.05) is 0 Å². The van der Waals surface area contributed by atoms with E-state index in [2.05, 4.69) is 35.9 Å². The normalized spacial score (nSPS) is 11.4. The molecule has 0 spiro atoms. The first-order chi connectivity index (χ1) is 16.9. The monoisotopic (exact) mass is 480 g/mol. The molecule has 4 aromatic rings. The molecule has 0 aliphatic carbocycles. The Labute approximate surface area is 203 Å². The third kappa shape index (κ3) is 6.21. The fourth-order valence-corrected chi connectivity index (χ4v) is 4.32. The van der Waals surface area contributed by atoms with Crippen LogP contribution in [0.5, 0.6) is 5.75 Å². The van der Waals surface area contributed by atoms with Crippen molar-refractivity contribution in [2.45, 2.75) is 52.1 Å². The Morgan fingerprint density at radius 2 is 1.40 bits per heavy atom. The highest BCUT2D eigenvalue weighted by Crippen LogP contribution is 2.32. The highest BCUT2D eigenvalue weighted by atomic mass is 19.3. The van der Waals surface area contributed by atoms with E-state index in [1.807, 2.05) is 12.1 Å². The van der Waals surface area contributed by atoms with Crippen LogP contribution in [0, 0.1) is 11.6 Å². The fourth-order valence-electron chi connectivity index (χ4n) is 4.32. The van der Waals surface area contributed by atoms with Crippen LogP contribution in [-0.4, -0.2) is 6.61 Å². The number of halogens is 4. The Bertz CT molecular complexity index is 1280. The third-order valence-corrected chi connectivity index (χ3v) is 6.27. The lowest BCUT2D eigenvalue weighted by atomic mass is 9.96. The number of aryl methyl sites for hydroxylation is 3. The van der Waals surface area contributed by atoms with E-state index in [-0.39, 0.29) is 11.1 Å². The first-order valence-electron chi connectivity index (χ1n) is 12.0. The molecule has 0 radical (unpaired) electrons. The maximum Gasteiger partial charge on any atom is 0.387 e.